The van der Waals surface area contributed by atoms with Crippen molar-refractivity contribution < 1.29 is 9.53 Å². The van der Waals surface area contributed by atoms with Crippen molar-refractivity contribution in [1.82, 2.24) is 0 Å². The third kappa shape index (κ3) is 2.11. The topological polar surface area (TPSA) is 26.3 Å². The molecule has 0 amide bonds. The Bertz CT molecular complexity index is 308. The van der Waals surface area contributed by atoms with Gasteiger partial charge < -0.3 is 4.74 Å². The van der Waals surface area contributed by atoms with Gasteiger partial charge in [-0.25, -0.2) is 0 Å². The summed E-state index contributed by atoms with van der Waals surface area (Å²) in [5.41, 5.74) is -0.448. The molecule has 0 heterocycles. The second kappa shape index (κ2) is 4.29. The van der Waals surface area contributed by atoms with Crippen LogP contribution in [0.2, 0.25) is 0 Å². The van der Waals surface area contributed by atoms with E-state index in [1.807, 2.05) is 13.8 Å². The Balaban J connectivity index is 2.09. The zero-order valence-electron chi connectivity index (χ0n) is 11.7. The third-order valence-corrected chi connectivity index (χ3v) is 5.25. The number of hydrogen-bond acceptors (Lipinski definition) is 2. The van der Waals surface area contributed by atoms with E-state index in [1.54, 1.807) is 0 Å². The molecule has 3 unspecified atom stereocenters. The van der Waals surface area contributed by atoms with Crippen LogP contribution >= 0.6 is 0 Å². The van der Waals surface area contributed by atoms with Crippen molar-refractivity contribution >= 4 is 5.97 Å². The average Bonchev–Trinajstić information content (AvgIpc) is 2.89. The molecule has 2 fully saturated rings. The SMILES string of the molecule is CCC(C)(C)C(=O)OC1(CC)CC2CCC1C2. The van der Waals surface area contributed by atoms with E-state index in [0.717, 1.165) is 25.2 Å². The lowest BCUT2D eigenvalue weighted by Gasteiger charge is -2.38. The Labute approximate surface area is 105 Å². The molecule has 2 bridgehead atoms. The molecule has 2 nitrogen and oxygen atoms in total. The van der Waals surface area contributed by atoms with Crippen LogP contribution in [-0.4, -0.2) is 11.6 Å². The molecule has 0 spiro atoms. The van der Waals surface area contributed by atoms with Gasteiger partial charge in [-0.05, 0) is 64.2 Å². The van der Waals surface area contributed by atoms with Crippen molar-refractivity contribution in [3.05, 3.63) is 0 Å². The summed E-state index contributed by atoms with van der Waals surface area (Å²) in [6, 6.07) is 0. The molecular formula is C15H26O2. The highest BCUT2D eigenvalue weighted by atomic mass is 16.6. The second-order valence-corrected chi connectivity index (χ2v) is 6.63. The summed E-state index contributed by atoms with van der Waals surface area (Å²) in [5.74, 6) is 1.46. The quantitative estimate of drug-likeness (QED) is 0.694. The van der Waals surface area contributed by atoms with Crippen LogP contribution in [0.15, 0.2) is 0 Å². The van der Waals surface area contributed by atoms with E-state index in [1.165, 1.54) is 19.3 Å². The Morgan fingerprint density at radius 2 is 2.06 bits per heavy atom. The third-order valence-electron chi connectivity index (χ3n) is 5.25. The van der Waals surface area contributed by atoms with Crippen LogP contribution in [0.25, 0.3) is 0 Å². The van der Waals surface area contributed by atoms with Crippen LogP contribution in [0.3, 0.4) is 0 Å². The first-order valence-electron chi connectivity index (χ1n) is 7.17. The molecule has 2 aliphatic carbocycles. The minimum absolute atomic E-state index is 0.00870. The molecule has 17 heavy (non-hydrogen) atoms. The van der Waals surface area contributed by atoms with E-state index in [9.17, 15) is 4.79 Å². The summed E-state index contributed by atoms with van der Waals surface area (Å²) in [7, 11) is 0. The molecule has 0 N–H and O–H groups in total. The van der Waals surface area contributed by atoms with E-state index in [2.05, 4.69) is 13.8 Å². The van der Waals surface area contributed by atoms with E-state index in [0.29, 0.717) is 5.92 Å². The molecule has 2 rings (SSSR count). The smallest absolute Gasteiger partial charge is 0.312 e. The summed E-state index contributed by atoms with van der Waals surface area (Å²) >= 11 is 0. The van der Waals surface area contributed by atoms with Gasteiger partial charge in [-0.3, -0.25) is 4.79 Å². The molecule has 2 heteroatoms. The summed E-state index contributed by atoms with van der Waals surface area (Å²) < 4.78 is 6.00. The fraction of sp³-hybridized carbons (Fsp3) is 0.933. The van der Waals surface area contributed by atoms with Gasteiger partial charge in [0.1, 0.15) is 5.60 Å². The van der Waals surface area contributed by atoms with Gasteiger partial charge in [0, 0.05) is 0 Å². The van der Waals surface area contributed by atoms with Crippen molar-refractivity contribution in [3.8, 4) is 0 Å². The standard InChI is InChI=1S/C15H26O2/c1-5-14(3,4)13(16)17-15(6-2)10-11-7-8-12(15)9-11/h11-12H,5-10H2,1-4H3. The predicted octanol–water partition coefficient (Wildman–Crippen LogP) is 3.93. The first kappa shape index (κ1) is 12.9. The summed E-state index contributed by atoms with van der Waals surface area (Å²) in [6.45, 7) is 8.21. The van der Waals surface area contributed by atoms with Gasteiger partial charge in [0.2, 0.25) is 0 Å². The number of fused-ring (bicyclic) bond motifs is 2. The molecule has 0 aromatic rings. The summed E-state index contributed by atoms with van der Waals surface area (Å²) in [6.07, 6.45) is 6.84. The van der Waals surface area contributed by atoms with Crippen LogP contribution < -0.4 is 0 Å². The van der Waals surface area contributed by atoms with Gasteiger partial charge in [0.15, 0.2) is 0 Å². The highest BCUT2D eigenvalue weighted by molar-refractivity contribution is 5.76. The van der Waals surface area contributed by atoms with Gasteiger partial charge in [-0.2, -0.15) is 0 Å². The fourth-order valence-corrected chi connectivity index (χ4v) is 3.49. The van der Waals surface area contributed by atoms with Crippen LogP contribution in [-0.2, 0) is 9.53 Å². The fourth-order valence-electron chi connectivity index (χ4n) is 3.49. The number of carbonyl (C=O) groups is 1. The number of hydrogen-bond donors (Lipinski definition) is 0. The Morgan fingerprint density at radius 3 is 2.47 bits per heavy atom. The lowest BCUT2D eigenvalue weighted by atomic mass is 9.81. The van der Waals surface area contributed by atoms with Crippen molar-refractivity contribution in [2.75, 3.05) is 0 Å². The minimum atomic E-state index is -0.329. The minimum Gasteiger partial charge on any atom is -0.458 e. The maximum absolute atomic E-state index is 12.3. The van der Waals surface area contributed by atoms with E-state index in [-0.39, 0.29) is 17.0 Å². The van der Waals surface area contributed by atoms with Crippen LogP contribution in [0.4, 0.5) is 0 Å². The maximum Gasteiger partial charge on any atom is 0.312 e. The molecule has 0 aliphatic heterocycles. The number of rotatable bonds is 4. The Morgan fingerprint density at radius 1 is 1.35 bits per heavy atom. The molecule has 98 valence electrons. The van der Waals surface area contributed by atoms with Gasteiger partial charge >= 0.3 is 5.97 Å². The Kier molecular flexibility index (Phi) is 3.26. The molecule has 0 aromatic heterocycles. The summed E-state index contributed by atoms with van der Waals surface area (Å²) in [5, 5.41) is 0. The molecule has 2 aliphatic rings. The van der Waals surface area contributed by atoms with Crippen molar-refractivity contribution in [2.45, 2.75) is 71.8 Å². The summed E-state index contributed by atoms with van der Waals surface area (Å²) in [4.78, 5) is 12.3. The molecule has 2 saturated carbocycles. The largest absolute Gasteiger partial charge is 0.458 e. The van der Waals surface area contributed by atoms with Gasteiger partial charge in [0.05, 0.1) is 5.41 Å². The van der Waals surface area contributed by atoms with Gasteiger partial charge in [0.25, 0.3) is 0 Å². The number of carbonyl (C=O) groups excluding carboxylic acids is 1. The van der Waals surface area contributed by atoms with E-state index in [4.69, 9.17) is 4.74 Å². The molecule has 0 radical (unpaired) electrons. The normalized spacial score (nSPS) is 36.2. The zero-order chi connectivity index (χ0) is 12.7. The number of esters is 1. The molecule has 0 aromatic carbocycles. The monoisotopic (exact) mass is 238 g/mol. The van der Waals surface area contributed by atoms with Crippen LogP contribution in [0, 0.1) is 17.3 Å². The molecular weight excluding hydrogens is 212 g/mol. The lowest BCUT2D eigenvalue weighted by Crippen LogP contribution is -2.43. The lowest BCUT2D eigenvalue weighted by molar-refractivity contribution is -0.177. The van der Waals surface area contributed by atoms with E-state index < -0.39 is 0 Å². The first-order valence-corrected chi connectivity index (χ1v) is 7.17. The van der Waals surface area contributed by atoms with Crippen molar-refractivity contribution in [3.63, 3.8) is 0 Å². The highest BCUT2D eigenvalue weighted by Crippen LogP contribution is 2.54. The zero-order valence-corrected chi connectivity index (χ0v) is 11.7. The maximum atomic E-state index is 12.3. The van der Waals surface area contributed by atoms with Crippen molar-refractivity contribution in [1.29, 1.82) is 0 Å². The Hall–Kier alpha value is -0.530. The molecule has 3 atom stereocenters. The second-order valence-electron chi connectivity index (χ2n) is 6.63. The number of ether oxygens (including phenoxy) is 1. The predicted molar refractivity (Wildman–Crippen MR) is 68.6 cm³/mol. The first-order chi connectivity index (χ1) is 7.93. The van der Waals surface area contributed by atoms with Crippen LogP contribution in [0.5, 0.6) is 0 Å². The molecule has 0 saturated heterocycles. The average molecular weight is 238 g/mol. The van der Waals surface area contributed by atoms with Gasteiger partial charge in [-0.1, -0.05) is 13.8 Å². The van der Waals surface area contributed by atoms with E-state index >= 15 is 0 Å². The van der Waals surface area contributed by atoms with Crippen molar-refractivity contribution in [2.24, 2.45) is 17.3 Å². The highest BCUT2D eigenvalue weighted by Gasteiger charge is 2.53. The van der Waals surface area contributed by atoms with Crippen LogP contribution in [0.1, 0.15) is 66.2 Å². The van der Waals surface area contributed by atoms with Gasteiger partial charge in [-0.15, -0.1) is 0 Å².